The van der Waals surface area contributed by atoms with Crippen LogP contribution in [0.1, 0.15) is 37.0 Å². The van der Waals surface area contributed by atoms with Crippen molar-refractivity contribution in [3.8, 4) is 5.75 Å². The smallest absolute Gasteiger partial charge is 0.211 e. The van der Waals surface area contributed by atoms with Crippen LogP contribution >= 0.6 is 0 Å². The van der Waals surface area contributed by atoms with Gasteiger partial charge in [0.05, 0.1) is 12.8 Å². The summed E-state index contributed by atoms with van der Waals surface area (Å²) in [5.74, 6) is 0.892. The zero-order valence-electron chi connectivity index (χ0n) is 11.8. The summed E-state index contributed by atoms with van der Waals surface area (Å²) in [6.45, 7) is 6.80. The van der Waals surface area contributed by atoms with E-state index in [9.17, 15) is 0 Å². The van der Waals surface area contributed by atoms with E-state index in [1.54, 1.807) is 6.21 Å². The molecule has 0 saturated heterocycles. The second-order valence-corrected chi connectivity index (χ2v) is 4.23. The van der Waals surface area contributed by atoms with Crippen LogP contribution in [0.4, 0.5) is 0 Å². The Hall–Kier alpha value is -2.04. The van der Waals surface area contributed by atoms with Crippen molar-refractivity contribution in [1.82, 2.24) is 0 Å². The third kappa shape index (κ3) is 4.28. The van der Waals surface area contributed by atoms with Gasteiger partial charge in [-0.15, -0.1) is 5.10 Å². The number of hydrogen-bond donors (Lipinski definition) is 2. The summed E-state index contributed by atoms with van der Waals surface area (Å²) in [6, 6.07) is 4.02. The molecule has 4 N–H and O–H groups in total. The van der Waals surface area contributed by atoms with Crippen LogP contribution in [0.3, 0.4) is 0 Å². The Bertz CT molecular complexity index is 477. The van der Waals surface area contributed by atoms with E-state index in [0.29, 0.717) is 6.61 Å². The van der Waals surface area contributed by atoms with Gasteiger partial charge in [0.15, 0.2) is 0 Å². The van der Waals surface area contributed by atoms with Gasteiger partial charge in [-0.25, -0.2) is 0 Å². The normalized spacial score (nSPS) is 10.7. The molecule has 1 aromatic carbocycles. The van der Waals surface area contributed by atoms with Crippen LogP contribution < -0.4 is 16.2 Å². The Kier molecular flexibility index (Phi) is 5.85. The van der Waals surface area contributed by atoms with Crippen molar-refractivity contribution in [2.24, 2.45) is 21.7 Å². The maximum atomic E-state index is 5.74. The Morgan fingerprint density at radius 1 is 1.32 bits per heavy atom. The van der Waals surface area contributed by atoms with Crippen molar-refractivity contribution >= 4 is 12.2 Å². The molecule has 0 spiro atoms. The third-order valence-corrected chi connectivity index (χ3v) is 2.65. The van der Waals surface area contributed by atoms with Gasteiger partial charge in [0.1, 0.15) is 5.75 Å². The highest BCUT2D eigenvalue weighted by atomic mass is 16.5. The van der Waals surface area contributed by atoms with Crippen molar-refractivity contribution in [2.45, 2.75) is 33.6 Å². The zero-order valence-corrected chi connectivity index (χ0v) is 11.8. The lowest BCUT2D eigenvalue weighted by Crippen LogP contribution is -2.21. The molecular weight excluding hydrogens is 240 g/mol. The van der Waals surface area contributed by atoms with Crippen LogP contribution in [0.15, 0.2) is 22.3 Å². The maximum absolute atomic E-state index is 5.74. The summed E-state index contributed by atoms with van der Waals surface area (Å²) in [7, 11) is 0. The van der Waals surface area contributed by atoms with Gasteiger partial charge < -0.3 is 16.2 Å². The van der Waals surface area contributed by atoms with E-state index in [1.807, 2.05) is 26.0 Å². The molecule has 0 unspecified atom stereocenters. The van der Waals surface area contributed by atoms with Gasteiger partial charge in [-0.3, -0.25) is 0 Å². The van der Waals surface area contributed by atoms with E-state index < -0.39 is 0 Å². The van der Waals surface area contributed by atoms with Crippen molar-refractivity contribution in [3.05, 3.63) is 28.8 Å². The van der Waals surface area contributed by atoms with Gasteiger partial charge in [0.25, 0.3) is 0 Å². The summed E-state index contributed by atoms with van der Waals surface area (Å²) in [5, 5.41) is 7.49. The van der Waals surface area contributed by atoms with E-state index >= 15 is 0 Å². The zero-order chi connectivity index (χ0) is 14.3. The summed E-state index contributed by atoms with van der Waals surface area (Å²) >= 11 is 0. The van der Waals surface area contributed by atoms with Gasteiger partial charge in [-0.1, -0.05) is 25.5 Å². The molecule has 0 aliphatic carbocycles. The number of ether oxygens (including phenoxy) is 1. The molecule has 0 radical (unpaired) electrons. The molecule has 0 amide bonds. The third-order valence-electron chi connectivity index (χ3n) is 2.65. The molecule has 5 heteroatoms. The summed E-state index contributed by atoms with van der Waals surface area (Å²) in [4.78, 5) is 0. The lowest BCUT2D eigenvalue weighted by Gasteiger charge is -2.15. The molecule has 0 aliphatic heterocycles. The Morgan fingerprint density at radius 2 is 2.05 bits per heavy atom. The number of rotatable bonds is 6. The van der Waals surface area contributed by atoms with Gasteiger partial charge >= 0.3 is 0 Å². The second-order valence-electron chi connectivity index (χ2n) is 4.23. The van der Waals surface area contributed by atoms with Crippen molar-refractivity contribution in [2.75, 3.05) is 6.61 Å². The second kappa shape index (κ2) is 7.41. The molecule has 0 fully saturated rings. The van der Waals surface area contributed by atoms with Crippen LogP contribution in [-0.4, -0.2) is 18.8 Å². The monoisotopic (exact) mass is 262 g/mol. The van der Waals surface area contributed by atoms with Crippen molar-refractivity contribution in [3.63, 3.8) is 0 Å². The number of aryl methyl sites for hydroxylation is 1. The van der Waals surface area contributed by atoms with E-state index in [1.165, 1.54) is 0 Å². The Morgan fingerprint density at radius 3 is 2.63 bits per heavy atom. The molecule has 104 valence electrons. The van der Waals surface area contributed by atoms with Crippen LogP contribution in [0.5, 0.6) is 5.75 Å². The van der Waals surface area contributed by atoms with Crippen LogP contribution in [-0.2, 0) is 6.42 Å². The fraction of sp³-hybridized carbons (Fsp3) is 0.429. The van der Waals surface area contributed by atoms with Crippen LogP contribution in [0.25, 0.3) is 0 Å². The quantitative estimate of drug-likeness (QED) is 0.467. The van der Waals surface area contributed by atoms with Gasteiger partial charge in [0, 0.05) is 11.1 Å². The summed E-state index contributed by atoms with van der Waals surface area (Å²) < 4.78 is 5.74. The van der Waals surface area contributed by atoms with Gasteiger partial charge in [-0.05, 0) is 25.8 Å². The largest absolute Gasteiger partial charge is 0.493 e. The fourth-order valence-corrected chi connectivity index (χ4v) is 1.89. The molecule has 0 aliphatic rings. The van der Waals surface area contributed by atoms with Crippen LogP contribution in [0.2, 0.25) is 0 Å². The maximum Gasteiger partial charge on any atom is 0.211 e. The SMILES string of the molecule is CCCc1c(C=NN=C(N)N)ccc(C)c1OCC. The van der Waals surface area contributed by atoms with Crippen molar-refractivity contribution in [1.29, 1.82) is 0 Å². The molecule has 5 nitrogen and oxygen atoms in total. The summed E-state index contributed by atoms with van der Waals surface area (Å²) in [5.41, 5.74) is 13.8. The topological polar surface area (TPSA) is 86.0 Å². The number of guanidine groups is 1. The van der Waals surface area contributed by atoms with Gasteiger partial charge in [-0.2, -0.15) is 5.10 Å². The van der Waals surface area contributed by atoms with E-state index in [4.69, 9.17) is 16.2 Å². The minimum atomic E-state index is -0.0505. The molecule has 0 heterocycles. The molecule has 0 aromatic heterocycles. The predicted octanol–water partition coefficient (Wildman–Crippen LogP) is 1.95. The number of nitrogens with zero attached hydrogens (tertiary/aromatic N) is 2. The molecule has 1 aromatic rings. The average Bonchev–Trinajstić information content (AvgIpc) is 2.36. The first-order valence-electron chi connectivity index (χ1n) is 6.47. The van der Waals surface area contributed by atoms with E-state index in [2.05, 4.69) is 17.1 Å². The lowest BCUT2D eigenvalue weighted by molar-refractivity contribution is 0.334. The minimum absolute atomic E-state index is 0.0505. The first-order valence-corrected chi connectivity index (χ1v) is 6.47. The highest BCUT2D eigenvalue weighted by molar-refractivity contribution is 5.84. The Balaban J connectivity index is 3.19. The van der Waals surface area contributed by atoms with E-state index in [0.717, 1.165) is 35.3 Å². The highest BCUT2D eigenvalue weighted by Gasteiger charge is 2.10. The molecule has 19 heavy (non-hydrogen) atoms. The first-order chi connectivity index (χ1) is 9.10. The minimum Gasteiger partial charge on any atom is -0.493 e. The van der Waals surface area contributed by atoms with Crippen molar-refractivity contribution < 1.29 is 4.74 Å². The number of hydrogen-bond acceptors (Lipinski definition) is 3. The molecule has 1 rings (SSSR count). The summed E-state index contributed by atoms with van der Waals surface area (Å²) in [6.07, 6.45) is 3.62. The number of nitrogens with two attached hydrogens (primary N) is 2. The lowest BCUT2D eigenvalue weighted by atomic mass is 9.99. The first kappa shape index (κ1) is 15.0. The molecular formula is C14H22N4O. The Labute approximate surface area is 114 Å². The fourth-order valence-electron chi connectivity index (χ4n) is 1.89. The molecule has 0 saturated carbocycles. The standard InChI is InChI=1S/C14H22N4O/c1-4-6-12-11(9-17-18-14(15)16)8-7-10(3)13(12)19-5-2/h7-9H,4-6H2,1-3H3,(H4,15,16,18). The predicted molar refractivity (Wildman–Crippen MR) is 79.7 cm³/mol. The average molecular weight is 262 g/mol. The van der Waals surface area contributed by atoms with Gasteiger partial charge in [0.2, 0.25) is 5.96 Å². The number of benzene rings is 1. The van der Waals surface area contributed by atoms with E-state index in [-0.39, 0.29) is 5.96 Å². The molecule has 0 atom stereocenters. The highest BCUT2D eigenvalue weighted by Crippen LogP contribution is 2.27. The van der Waals surface area contributed by atoms with Crippen LogP contribution in [0, 0.1) is 6.92 Å². The molecule has 0 bridgehead atoms.